The molecule has 12 heteroatoms. The molecule has 4 N–H and O–H groups in total. The van der Waals surface area contributed by atoms with Gasteiger partial charge in [-0.2, -0.15) is 0 Å². The number of hydrogen-bond acceptors (Lipinski definition) is 8. The predicted octanol–water partition coefficient (Wildman–Crippen LogP) is 11.2. The molecule has 2 rings (SSSR count). The standard InChI is InChI=1S/C56H102N4O8/c1-46-26-22-34-55(3,4)48(46)28-16-12-8-10-14-18-31-51(61)57-36-21-20-30-50(60-53(63)32-19-15-11-9-13-17-29-49-47(2)27-23-35-56(49,5)6)54(64)59-38-25-40-67-43-45-68-44-42-66-39-24-37-58-52(62)33-41-65-7/h50H,8-45H2,1-7H3,(H,57,61)(H,58,62)(H,59,64)(H,60,63)/t50-/m0/s1. The van der Waals surface area contributed by atoms with Gasteiger partial charge in [0.15, 0.2) is 0 Å². The highest BCUT2D eigenvalue weighted by Crippen LogP contribution is 2.43. The largest absolute Gasteiger partial charge is 0.384 e. The van der Waals surface area contributed by atoms with E-state index in [4.69, 9.17) is 18.9 Å². The number of ether oxygens (including phenoxy) is 4. The molecule has 12 nitrogen and oxygen atoms in total. The maximum Gasteiger partial charge on any atom is 0.242 e. The minimum Gasteiger partial charge on any atom is -0.384 e. The highest BCUT2D eigenvalue weighted by Gasteiger charge is 2.29. The number of carbonyl (C=O) groups is 4. The zero-order valence-corrected chi connectivity index (χ0v) is 44.7. The summed E-state index contributed by atoms with van der Waals surface area (Å²) in [5, 5.41) is 11.9. The Morgan fingerprint density at radius 1 is 0.485 bits per heavy atom. The fraction of sp³-hybridized carbons (Fsp3) is 0.857. The molecule has 394 valence electrons. The normalized spacial score (nSPS) is 16.2. The number of methoxy groups -OCH3 is 1. The highest BCUT2D eigenvalue weighted by molar-refractivity contribution is 5.87. The number of hydrogen-bond donors (Lipinski definition) is 4. The quantitative estimate of drug-likeness (QED) is 0.0348. The van der Waals surface area contributed by atoms with Crippen molar-refractivity contribution in [1.82, 2.24) is 21.3 Å². The summed E-state index contributed by atoms with van der Waals surface area (Å²) in [6.07, 6.45) is 28.6. The second-order valence-electron chi connectivity index (χ2n) is 21.1. The number of carbonyl (C=O) groups excluding carboxylic acids is 4. The van der Waals surface area contributed by atoms with Crippen molar-refractivity contribution in [3.8, 4) is 0 Å². The molecule has 68 heavy (non-hydrogen) atoms. The Morgan fingerprint density at radius 2 is 0.912 bits per heavy atom. The maximum absolute atomic E-state index is 13.3. The monoisotopic (exact) mass is 959 g/mol. The molecule has 0 fully saturated rings. The summed E-state index contributed by atoms with van der Waals surface area (Å²) in [4.78, 5) is 50.5. The van der Waals surface area contributed by atoms with Crippen LogP contribution in [-0.2, 0) is 38.1 Å². The van der Waals surface area contributed by atoms with Crippen LogP contribution in [0.5, 0.6) is 0 Å². The minimum absolute atomic E-state index is 0.0196. The molecule has 0 bridgehead atoms. The predicted molar refractivity (Wildman–Crippen MR) is 278 cm³/mol. The molecule has 0 saturated heterocycles. The molecule has 4 amide bonds. The first kappa shape index (κ1) is 61.3. The van der Waals surface area contributed by atoms with E-state index >= 15 is 0 Å². The molecule has 2 aliphatic rings. The average Bonchev–Trinajstić information content (AvgIpc) is 3.29. The van der Waals surface area contributed by atoms with Crippen LogP contribution in [0.2, 0.25) is 0 Å². The molecule has 2 aliphatic carbocycles. The van der Waals surface area contributed by atoms with Crippen LogP contribution in [0.15, 0.2) is 22.3 Å². The molecule has 0 heterocycles. The summed E-state index contributed by atoms with van der Waals surface area (Å²) < 4.78 is 21.7. The molecule has 0 aromatic rings. The smallest absolute Gasteiger partial charge is 0.242 e. The van der Waals surface area contributed by atoms with E-state index in [1.165, 1.54) is 96.3 Å². The van der Waals surface area contributed by atoms with Crippen molar-refractivity contribution in [3.63, 3.8) is 0 Å². The summed E-state index contributed by atoms with van der Waals surface area (Å²) in [5.74, 6) is -0.163. The number of amides is 4. The lowest BCUT2D eigenvalue weighted by atomic mass is 9.71. The molecule has 0 unspecified atom stereocenters. The third kappa shape index (κ3) is 29.4. The summed E-state index contributed by atoms with van der Waals surface area (Å²) in [6, 6.07) is -0.605. The lowest BCUT2D eigenvalue weighted by Gasteiger charge is -2.34. The highest BCUT2D eigenvalue weighted by atomic mass is 16.5. The third-order valence-corrected chi connectivity index (χ3v) is 14.3. The number of rotatable bonds is 42. The van der Waals surface area contributed by atoms with E-state index < -0.39 is 6.04 Å². The number of nitrogens with one attached hydrogen (secondary N) is 4. The van der Waals surface area contributed by atoms with Crippen molar-refractivity contribution < 1.29 is 38.1 Å². The lowest BCUT2D eigenvalue weighted by molar-refractivity contribution is -0.129. The summed E-state index contributed by atoms with van der Waals surface area (Å²) in [5.41, 5.74) is 7.35. The minimum atomic E-state index is -0.605. The summed E-state index contributed by atoms with van der Waals surface area (Å²) >= 11 is 0. The Hall–Kier alpha value is -2.80. The Labute approximate surface area is 415 Å². The first-order valence-electron chi connectivity index (χ1n) is 27.5. The van der Waals surface area contributed by atoms with Crippen LogP contribution in [0.1, 0.15) is 221 Å². The lowest BCUT2D eigenvalue weighted by Crippen LogP contribution is -2.47. The molecular weight excluding hydrogens is 857 g/mol. The van der Waals surface area contributed by atoms with Gasteiger partial charge in [-0.3, -0.25) is 19.2 Å². The van der Waals surface area contributed by atoms with Gasteiger partial charge in [0.1, 0.15) is 6.04 Å². The van der Waals surface area contributed by atoms with E-state index in [9.17, 15) is 19.2 Å². The van der Waals surface area contributed by atoms with Gasteiger partial charge in [-0.25, -0.2) is 0 Å². The van der Waals surface area contributed by atoms with Crippen LogP contribution in [0.4, 0.5) is 0 Å². The molecule has 0 aliphatic heterocycles. The van der Waals surface area contributed by atoms with Crippen molar-refractivity contribution in [2.45, 2.75) is 227 Å². The molecule has 0 aromatic carbocycles. The van der Waals surface area contributed by atoms with Gasteiger partial charge >= 0.3 is 0 Å². The molecule has 1 atom stereocenters. The van der Waals surface area contributed by atoms with E-state index in [0.717, 1.165) is 51.4 Å². The topological polar surface area (TPSA) is 153 Å². The molecule has 0 spiro atoms. The van der Waals surface area contributed by atoms with Crippen LogP contribution in [-0.4, -0.2) is 103 Å². The van der Waals surface area contributed by atoms with Crippen LogP contribution < -0.4 is 21.3 Å². The maximum atomic E-state index is 13.3. The Balaban J connectivity index is 1.61. The van der Waals surface area contributed by atoms with Gasteiger partial charge in [-0.1, -0.05) is 101 Å². The van der Waals surface area contributed by atoms with E-state index in [2.05, 4.69) is 62.8 Å². The van der Waals surface area contributed by atoms with Crippen LogP contribution in [0.25, 0.3) is 0 Å². The Bertz CT molecular complexity index is 1460. The van der Waals surface area contributed by atoms with E-state index in [1.807, 2.05) is 0 Å². The van der Waals surface area contributed by atoms with Crippen molar-refractivity contribution >= 4 is 23.6 Å². The van der Waals surface area contributed by atoms with E-state index in [1.54, 1.807) is 29.4 Å². The van der Waals surface area contributed by atoms with Gasteiger partial charge in [0.05, 0.1) is 33.0 Å². The zero-order chi connectivity index (χ0) is 49.7. The molecule has 0 radical (unpaired) electrons. The van der Waals surface area contributed by atoms with E-state index in [0.29, 0.717) is 109 Å². The number of allylic oxidation sites excluding steroid dienone is 4. The summed E-state index contributed by atoms with van der Waals surface area (Å²) in [7, 11) is 1.58. The molecule has 0 saturated carbocycles. The first-order valence-corrected chi connectivity index (χ1v) is 27.5. The van der Waals surface area contributed by atoms with Gasteiger partial charge in [-0.05, 0) is 134 Å². The van der Waals surface area contributed by atoms with Crippen LogP contribution in [0.3, 0.4) is 0 Å². The van der Waals surface area contributed by atoms with Crippen molar-refractivity contribution in [1.29, 1.82) is 0 Å². The van der Waals surface area contributed by atoms with Crippen LogP contribution >= 0.6 is 0 Å². The molecular formula is C56H102N4O8. The second kappa shape index (κ2) is 38.0. The van der Waals surface area contributed by atoms with Crippen LogP contribution in [0, 0.1) is 10.8 Å². The molecule has 0 aromatic heterocycles. The first-order chi connectivity index (χ1) is 32.8. The summed E-state index contributed by atoms with van der Waals surface area (Å²) in [6.45, 7) is 19.2. The Kier molecular flexibility index (Phi) is 34.2. The second-order valence-corrected chi connectivity index (χ2v) is 21.1. The van der Waals surface area contributed by atoms with Crippen molar-refractivity contribution in [3.05, 3.63) is 22.3 Å². The van der Waals surface area contributed by atoms with Gasteiger partial charge in [0.2, 0.25) is 23.6 Å². The van der Waals surface area contributed by atoms with Gasteiger partial charge < -0.3 is 40.2 Å². The van der Waals surface area contributed by atoms with Crippen molar-refractivity contribution in [2.24, 2.45) is 10.8 Å². The zero-order valence-electron chi connectivity index (χ0n) is 44.7. The average molecular weight is 959 g/mol. The van der Waals surface area contributed by atoms with Gasteiger partial charge in [0, 0.05) is 59.2 Å². The fourth-order valence-electron chi connectivity index (χ4n) is 10.1. The van der Waals surface area contributed by atoms with Crippen molar-refractivity contribution in [2.75, 3.05) is 73.0 Å². The van der Waals surface area contributed by atoms with Gasteiger partial charge in [-0.15, -0.1) is 0 Å². The van der Waals surface area contributed by atoms with E-state index in [-0.39, 0.29) is 23.6 Å². The van der Waals surface area contributed by atoms with Gasteiger partial charge in [0.25, 0.3) is 0 Å². The fourth-order valence-corrected chi connectivity index (χ4v) is 10.1. The SMILES string of the molecule is COCCC(=O)NCCCOCCOCCOCCCNC(=O)[C@H](CCCCNC(=O)CCCCCCCCC1=C(C)CCCC1(C)C)NC(=O)CCCCCCCCC1=C(C)CCCC1(C)C. The Morgan fingerprint density at radius 3 is 1.41 bits per heavy atom. The number of unbranched alkanes of at least 4 members (excludes halogenated alkanes) is 11. The third-order valence-electron chi connectivity index (χ3n) is 14.3.